The summed E-state index contributed by atoms with van der Waals surface area (Å²) in [4.78, 5) is 0. The number of hydrogen-bond acceptors (Lipinski definition) is 1. The van der Waals surface area contributed by atoms with Crippen LogP contribution in [0.25, 0.3) is 0 Å². The minimum absolute atomic E-state index is 0.569. The maximum Gasteiger partial charge on any atom is 0.0528 e. The van der Waals surface area contributed by atoms with E-state index in [2.05, 4.69) is 19.9 Å². The monoisotopic (exact) mass is 202 g/mol. The molecule has 1 rings (SSSR count). The molecule has 0 bridgehead atoms. The summed E-state index contributed by atoms with van der Waals surface area (Å²) >= 11 is 5.87. The molecule has 0 aromatic rings. The molecule has 0 N–H and O–H groups in total. The van der Waals surface area contributed by atoms with E-state index >= 15 is 0 Å². The van der Waals surface area contributed by atoms with Gasteiger partial charge in [-0.15, -0.1) is 11.6 Å². The Balaban J connectivity index is 2.49. The minimum atomic E-state index is 0.569. The molecule has 1 aliphatic rings. The Bertz CT molecular complexity index is 169. The number of rotatable bonds is 3. The van der Waals surface area contributed by atoms with Gasteiger partial charge in [0, 0.05) is 18.4 Å². The van der Waals surface area contributed by atoms with Gasteiger partial charge in [0.25, 0.3) is 0 Å². The van der Waals surface area contributed by atoms with E-state index in [4.69, 9.17) is 16.3 Å². The molecule has 1 atom stereocenters. The van der Waals surface area contributed by atoms with Gasteiger partial charge in [-0.2, -0.15) is 0 Å². The third-order valence-corrected chi connectivity index (χ3v) is 2.85. The molecule has 0 radical (unpaired) electrons. The van der Waals surface area contributed by atoms with Crippen molar-refractivity contribution in [3.8, 4) is 0 Å². The van der Waals surface area contributed by atoms with Crippen LogP contribution in [0.1, 0.15) is 26.7 Å². The average molecular weight is 203 g/mol. The van der Waals surface area contributed by atoms with E-state index < -0.39 is 0 Å². The van der Waals surface area contributed by atoms with Crippen LogP contribution in [-0.4, -0.2) is 19.1 Å². The highest BCUT2D eigenvalue weighted by atomic mass is 35.5. The summed E-state index contributed by atoms with van der Waals surface area (Å²) in [6, 6.07) is 0. The van der Waals surface area contributed by atoms with E-state index in [9.17, 15) is 0 Å². The Hall–Kier alpha value is -0.0100. The largest absolute Gasteiger partial charge is 0.381 e. The first-order chi connectivity index (χ1) is 6.24. The highest BCUT2D eigenvalue weighted by Crippen LogP contribution is 2.20. The van der Waals surface area contributed by atoms with Gasteiger partial charge in [-0.3, -0.25) is 0 Å². The second-order valence-electron chi connectivity index (χ2n) is 4.01. The second kappa shape index (κ2) is 5.66. The smallest absolute Gasteiger partial charge is 0.0528 e. The molecule has 1 heterocycles. The molecule has 1 aliphatic heterocycles. The van der Waals surface area contributed by atoms with Gasteiger partial charge in [-0.25, -0.2) is 0 Å². The molecular formula is C11H19ClO. The Labute approximate surface area is 86.1 Å². The standard InChI is InChI=1S/C11H19ClO/c1-9(2)11(7-12)6-10-4-3-5-13-8-10/h6,9-10H,3-5,7-8H2,1-2H3. The molecule has 13 heavy (non-hydrogen) atoms. The van der Waals surface area contributed by atoms with Gasteiger partial charge in [0.15, 0.2) is 0 Å². The van der Waals surface area contributed by atoms with Crippen LogP contribution in [0.15, 0.2) is 11.6 Å². The summed E-state index contributed by atoms with van der Waals surface area (Å²) in [6.07, 6.45) is 4.76. The highest BCUT2D eigenvalue weighted by molar-refractivity contribution is 6.19. The van der Waals surface area contributed by atoms with Gasteiger partial charge in [0.1, 0.15) is 0 Å². The normalized spacial score (nSPS) is 25.2. The summed E-state index contributed by atoms with van der Waals surface area (Å²) in [5, 5.41) is 0. The first kappa shape index (κ1) is 11.1. The average Bonchev–Trinajstić information content (AvgIpc) is 2.15. The van der Waals surface area contributed by atoms with Crippen molar-refractivity contribution in [3.05, 3.63) is 11.6 Å². The number of ether oxygens (including phenoxy) is 1. The molecule has 0 aliphatic carbocycles. The third-order valence-electron chi connectivity index (χ3n) is 2.54. The molecule has 1 saturated heterocycles. The zero-order valence-electron chi connectivity index (χ0n) is 8.55. The summed E-state index contributed by atoms with van der Waals surface area (Å²) < 4.78 is 5.42. The predicted molar refractivity (Wildman–Crippen MR) is 57.2 cm³/mol. The summed E-state index contributed by atoms with van der Waals surface area (Å²) in [5.41, 5.74) is 1.36. The van der Waals surface area contributed by atoms with Crippen molar-refractivity contribution in [1.82, 2.24) is 0 Å². The van der Waals surface area contributed by atoms with Gasteiger partial charge in [-0.1, -0.05) is 25.5 Å². The zero-order chi connectivity index (χ0) is 9.68. The lowest BCUT2D eigenvalue weighted by Crippen LogP contribution is -2.16. The van der Waals surface area contributed by atoms with Crippen LogP contribution in [0.4, 0.5) is 0 Å². The van der Waals surface area contributed by atoms with E-state index in [-0.39, 0.29) is 0 Å². The van der Waals surface area contributed by atoms with Gasteiger partial charge in [0.2, 0.25) is 0 Å². The van der Waals surface area contributed by atoms with E-state index in [1.54, 1.807) is 0 Å². The molecule has 76 valence electrons. The fourth-order valence-electron chi connectivity index (χ4n) is 1.59. The quantitative estimate of drug-likeness (QED) is 0.505. The molecule has 1 fully saturated rings. The lowest BCUT2D eigenvalue weighted by molar-refractivity contribution is 0.0706. The maximum absolute atomic E-state index is 5.87. The SMILES string of the molecule is CC(C)C(=CC1CCCOC1)CCl. The predicted octanol–water partition coefficient (Wildman–Crippen LogP) is 3.23. The number of halogens is 1. The molecule has 1 unspecified atom stereocenters. The van der Waals surface area contributed by atoms with Gasteiger partial charge >= 0.3 is 0 Å². The molecule has 0 spiro atoms. The van der Waals surface area contributed by atoms with Crippen LogP contribution in [0.2, 0.25) is 0 Å². The van der Waals surface area contributed by atoms with Crippen molar-refractivity contribution in [2.24, 2.45) is 11.8 Å². The topological polar surface area (TPSA) is 9.23 Å². The Morgan fingerprint density at radius 2 is 2.38 bits per heavy atom. The van der Waals surface area contributed by atoms with Crippen molar-refractivity contribution in [2.75, 3.05) is 19.1 Å². The number of allylic oxidation sites excluding steroid dienone is 1. The van der Waals surface area contributed by atoms with Crippen LogP contribution < -0.4 is 0 Å². The lowest BCUT2D eigenvalue weighted by Gasteiger charge is -2.21. The van der Waals surface area contributed by atoms with Crippen LogP contribution >= 0.6 is 11.6 Å². The number of alkyl halides is 1. The first-order valence-corrected chi connectivity index (χ1v) is 5.61. The third kappa shape index (κ3) is 3.70. The summed E-state index contributed by atoms with van der Waals surface area (Å²) in [5.74, 6) is 1.83. The van der Waals surface area contributed by atoms with Crippen molar-refractivity contribution >= 4 is 11.6 Å². The van der Waals surface area contributed by atoms with Crippen molar-refractivity contribution in [3.63, 3.8) is 0 Å². The molecule has 1 nitrogen and oxygen atoms in total. The van der Waals surface area contributed by atoms with E-state index in [1.165, 1.54) is 18.4 Å². The second-order valence-corrected chi connectivity index (χ2v) is 4.27. The molecule has 0 aromatic carbocycles. The van der Waals surface area contributed by atoms with Gasteiger partial charge < -0.3 is 4.74 Å². The molecule has 0 amide bonds. The fourth-order valence-corrected chi connectivity index (χ4v) is 1.99. The van der Waals surface area contributed by atoms with Crippen molar-refractivity contribution in [2.45, 2.75) is 26.7 Å². The highest BCUT2D eigenvalue weighted by Gasteiger charge is 2.13. The fraction of sp³-hybridized carbons (Fsp3) is 0.818. The van der Waals surface area contributed by atoms with Crippen LogP contribution in [0.3, 0.4) is 0 Å². The van der Waals surface area contributed by atoms with Gasteiger partial charge in [-0.05, 0) is 18.8 Å². The van der Waals surface area contributed by atoms with Crippen LogP contribution in [0.5, 0.6) is 0 Å². The molecule has 0 saturated carbocycles. The zero-order valence-corrected chi connectivity index (χ0v) is 9.31. The Morgan fingerprint density at radius 1 is 1.62 bits per heavy atom. The molecular weight excluding hydrogens is 184 g/mol. The van der Waals surface area contributed by atoms with E-state index in [0.717, 1.165) is 13.2 Å². The van der Waals surface area contributed by atoms with Crippen LogP contribution in [-0.2, 0) is 4.74 Å². The van der Waals surface area contributed by atoms with E-state index in [1.807, 2.05) is 0 Å². The summed E-state index contributed by atoms with van der Waals surface area (Å²) in [6.45, 7) is 6.20. The minimum Gasteiger partial charge on any atom is -0.381 e. The molecule has 2 heteroatoms. The van der Waals surface area contributed by atoms with Crippen molar-refractivity contribution in [1.29, 1.82) is 0 Å². The van der Waals surface area contributed by atoms with Crippen LogP contribution in [0, 0.1) is 11.8 Å². The lowest BCUT2D eigenvalue weighted by atomic mass is 9.95. The van der Waals surface area contributed by atoms with E-state index in [0.29, 0.717) is 17.7 Å². The Kier molecular flexibility index (Phi) is 4.82. The van der Waals surface area contributed by atoms with Crippen molar-refractivity contribution < 1.29 is 4.74 Å². The molecule has 0 aromatic heterocycles. The number of hydrogen-bond donors (Lipinski definition) is 0. The summed E-state index contributed by atoms with van der Waals surface area (Å²) in [7, 11) is 0. The Morgan fingerprint density at radius 3 is 2.85 bits per heavy atom. The maximum atomic E-state index is 5.87. The van der Waals surface area contributed by atoms with Gasteiger partial charge in [0.05, 0.1) is 6.61 Å². The first-order valence-electron chi connectivity index (χ1n) is 5.08.